The third kappa shape index (κ3) is 5.08. The van der Waals surface area contributed by atoms with Crippen molar-refractivity contribution in [2.45, 2.75) is 52.6 Å². The van der Waals surface area contributed by atoms with Crippen LogP contribution in [-0.2, 0) is 6.54 Å². The topological polar surface area (TPSA) is 15.3 Å². The average Bonchev–Trinajstić information content (AvgIpc) is 2.92. The van der Waals surface area contributed by atoms with Crippen molar-refractivity contribution < 1.29 is 0 Å². The molecule has 1 saturated carbocycles. The fourth-order valence-corrected chi connectivity index (χ4v) is 4.66. The van der Waals surface area contributed by atoms with Crippen LogP contribution in [0.3, 0.4) is 0 Å². The Labute approximate surface area is 134 Å². The Hall–Kier alpha value is -0.380. The highest BCUT2D eigenvalue weighted by atomic mass is 32.1. The Kier molecular flexibility index (Phi) is 6.72. The maximum atomic E-state index is 3.82. The molecule has 0 radical (unpaired) electrons. The smallest absolute Gasteiger partial charge is 0.0324 e. The lowest BCUT2D eigenvalue weighted by molar-refractivity contribution is 0.109. The van der Waals surface area contributed by atoms with Crippen molar-refractivity contribution in [2.75, 3.05) is 20.1 Å². The zero-order valence-corrected chi connectivity index (χ0v) is 15.0. The summed E-state index contributed by atoms with van der Waals surface area (Å²) < 4.78 is 0. The van der Waals surface area contributed by atoms with Gasteiger partial charge in [-0.2, -0.15) is 0 Å². The minimum Gasteiger partial charge on any atom is -0.314 e. The van der Waals surface area contributed by atoms with E-state index in [0.717, 1.165) is 30.8 Å². The molecule has 21 heavy (non-hydrogen) atoms. The first-order valence-electron chi connectivity index (χ1n) is 8.54. The van der Waals surface area contributed by atoms with E-state index in [4.69, 9.17) is 0 Å². The molecule has 4 unspecified atom stereocenters. The van der Waals surface area contributed by atoms with Gasteiger partial charge in [0.15, 0.2) is 0 Å². The van der Waals surface area contributed by atoms with Crippen LogP contribution in [0, 0.1) is 17.8 Å². The monoisotopic (exact) mass is 308 g/mol. The molecular weight excluding hydrogens is 276 g/mol. The number of rotatable bonds is 7. The standard InChI is InChI=1S/C18H32N2S/c1-5-8-19-18-11-14(2)10-15(3)17(18)13-20(4)12-16-7-6-9-21-16/h6-7,9,14-15,17-19H,5,8,10-13H2,1-4H3. The van der Waals surface area contributed by atoms with E-state index in [-0.39, 0.29) is 0 Å². The van der Waals surface area contributed by atoms with Crippen molar-refractivity contribution >= 4 is 11.3 Å². The first-order chi connectivity index (χ1) is 10.1. The van der Waals surface area contributed by atoms with Gasteiger partial charge < -0.3 is 10.2 Å². The lowest BCUT2D eigenvalue weighted by atomic mass is 9.72. The largest absolute Gasteiger partial charge is 0.314 e. The van der Waals surface area contributed by atoms with Gasteiger partial charge in [0.25, 0.3) is 0 Å². The Balaban J connectivity index is 1.92. The summed E-state index contributed by atoms with van der Waals surface area (Å²) in [6.45, 7) is 10.6. The third-order valence-corrected chi connectivity index (χ3v) is 5.72. The molecular formula is C18H32N2S. The number of nitrogens with one attached hydrogen (secondary N) is 1. The molecule has 0 amide bonds. The molecule has 2 rings (SSSR count). The predicted molar refractivity (Wildman–Crippen MR) is 93.8 cm³/mol. The van der Waals surface area contributed by atoms with Crippen molar-refractivity contribution in [3.63, 3.8) is 0 Å². The molecule has 3 heteroatoms. The molecule has 1 aliphatic rings. The molecule has 0 spiro atoms. The summed E-state index contributed by atoms with van der Waals surface area (Å²) in [5.74, 6) is 2.49. The van der Waals surface area contributed by atoms with Gasteiger partial charge in [-0.25, -0.2) is 0 Å². The van der Waals surface area contributed by atoms with Crippen LogP contribution in [0.1, 0.15) is 44.9 Å². The summed E-state index contributed by atoms with van der Waals surface area (Å²) in [7, 11) is 2.28. The average molecular weight is 309 g/mol. The number of thiophene rings is 1. The lowest BCUT2D eigenvalue weighted by Crippen LogP contribution is -2.48. The summed E-state index contributed by atoms with van der Waals surface area (Å²) in [5, 5.41) is 6.00. The molecule has 120 valence electrons. The summed E-state index contributed by atoms with van der Waals surface area (Å²) in [5.41, 5.74) is 0. The van der Waals surface area contributed by atoms with Crippen LogP contribution in [0.2, 0.25) is 0 Å². The van der Waals surface area contributed by atoms with Gasteiger partial charge in [0, 0.05) is 24.0 Å². The molecule has 1 N–H and O–H groups in total. The van der Waals surface area contributed by atoms with Crippen LogP contribution < -0.4 is 5.32 Å². The maximum absolute atomic E-state index is 3.82. The minimum atomic E-state index is 0.703. The zero-order valence-electron chi connectivity index (χ0n) is 14.1. The van der Waals surface area contributed by atoms with Gasteiger partial charge in [0.05, 0.1) is 0 Å². The predicted octanol–water partition coefficient (Wildman–Crippen LogP) is 4.23. The fourth-order valence-electron chi connectivity index (χ4n) is 3.88. The van der Waals surface area contributed by atoms with Crippen molar-refractivity contribution in [3.8, 4) is 0 Å². The third-order valence-electron chi connectivity index (χ3n) is 4.86. The number of hydrogen-bond donors (Lipinski definition) is 1. The Bertz CT molecular complexity index is 390. The van der Waals surface area contributed by atoms with Crippen molar-refractivity contribution in [1.29, 1.82) is 0 Å². The quantitative estimate of drug-likeness (QED) is 0.811. The zero-order chi connectivity index (χ0) is 15.2. The molecule has 1 aliphatic carbocycles. The number of hydrogen-bond acceptors (Lipinski definition) is 3. The second-order valence-electron chi connectivity index (χ2n) is 7.05. The van der Waals surface area contributed by atoms with E-state index in [0.29, 0.717) is 6.04 Å². The molecule has 1 aromatic rings. The fraction of sp³-hybridized carbons (Fsp3) is 0.778. The van der Waals surface area contributed by atoms with Crippen LogP contribution in [-0.4, -0.2) is 31.1 Å². The van der Waals surface area contributed by atoms with Gasteiger partial charge >= 0.3 is 0 Å². The highest BCUT2D eigenvalue weighted by molar-refractivity contribution is 7.09. The maximum Gasteiger partial charge on any atom is 0.0324 e. The molecule has 1 fully saturated rings. The van der Waals surface area contributed by atoms with E-state index in [9.17, 15) is 0 Å². The van der Waals surface area contributed by atoms with Gasteiger partial charge in [-0.1, -0.05) is 26.8 Å². The van der Waals surface area contributed by atoms with Gasteiger partial charge in [-0.15, -0.1) is 11.3 Å². The van der Waals surface area contributed by atoms with E-state index in [2.05, 4.69) is 55.5 Å². The lowest BCUT2D eigenvalue weighted by Gasteiger charge is -2.42. The Morgan fingerprint density at radius 3 is 2.81 bits per heavy atom. The normalized spacial score (nSPS) is 30.0. The van der Waals surface area contributed by atoms with Crippen molar-refractivity contribution in [1.82, 2.24) is 10.2 Å². The second kappa shape index (κ2) is 8.30. The molecule has 0 aliphatic heterocycles. The molecule has 0 aromatic carbocycles. The Morgan fingerprint density at radius 1 is 1.33 bits per heavy atom. The van der Waals surface area contributed by atoms with Crippen molar-refractivity contribution in [3.05, 3.63) is 22.4 Å². The first kappa shape index (κ1) is 17.0. The molecule has 4 atom stereocenters. The summed E-state index contributed by atoms with van der Waals surface area (Å²) in [4.78, 5) is 4.00. The summed E-state index contributed by atoms with van der Waals surface area (Å²) in [6, 6.07) is 5.11. The minimum absolute atomic E-state index is 0.703. The highest BCUT2D eigenvalue weighted by Crippen LogP contribution is 2.34. The molecule has 0 bridgehead atoms. The van der Waals surface area contributed by atoms with E-state index in [1.54, 1.807) is 0 Å². The summed E-state index contributed by atoms with van der Waals surface area (Å²) >= 11 is 1.87. The van der Waals surface area contributed by atoms with E-state index >= 15 is 0 Å². The molecule has 0 saturated heterocycles. The first-order valence-corrected chi connectivity index (χ1v) is 9.42. The SMILES string of the molecule is CCCNC1CC(C)CC(C)C1CN(C)Cc1cccs1. The Morgan fingerprint density at radius 2 is 2.14 bits per heavy atom. The highest BCUT2D eigenvalue weighted by Gasteiger charge is 2.34. The van der Waals surface area contributed by atoms with E-state index in [1.165, 1.54) is 30.7 Å². The molecule has 2 nitrogen and oxygen atoms in total. The van der Waals surface area contributed by atoms with Gasteiger partial charge in [-0.3, -0.25) is 0 Å². The van der Waals surface area contributed by atoms with Crippen LogP contribution in [0.15, 0.2) is 17.5 Å². The van der Waals surface area contributed by atoms with Crippen LogP contribution in [0.25, 0.3) is 0 Å². The van der Waals surface area contributed by atoms with Crippen LogP contribution in [0.4, 0.5) is 0 Å². The second-order valence-corrected chi connectivity index (χ2v) is 8.09. The van der Waals surface area contributed by atoms with Gasteiger partial charge in [0.1, 0.15) is 0 Å². The molecule has 1 aromatic heterocycles. The van der Waals surface area contributed by atoms with Gasteiger partial charge in [-0.05, 0) is 62.1 Å². The number of nitrogens with zero attached hydrogens (tertiary/aromatic N) is 1. The summed E-state index contributed by atoms with van der Waals surface area (Å²) in [6.07, 6.45) is 3.97. The van der Waals surface area contributed by atoms with Crippen LogP contribution in [0.5, 0.6) is 0 Å². The van der Waals surface area contributed by atoms with E-state index < -0.39 is 0 Å². The van der Waals surface area contributed by atoms with Gasteiger partial charge in [0.2, 0.25) is 0 Å². The molecule has 1 heterocycles. The van der Waals surface area contributed by atoms with E-state index in [1.807, 2.05) is 11.3 Å². The van der Waals surface area contributed by atoms with Crippen LogP contribution >= 0.6 is 11.3 Å². The van der Waals surface area contributed by atoms with Crippen molar-refractivity contribution in [2.24, 2.45) is 17.8 Å².